The van der Waals surface area contributed by atoms with Crippen LogP contribution in [0, 0.1) is 11.8 Å². The Hall–Kier alpha value is -1.42. The van der Waals surface area contributed by atoms with E-state index in [1.165, 1.54) is 30.7 Å². The lowest BCUT2D eigenvalue weighted by Crippen LogP contribution is -2.34. The molecule has 0 bridgehead atoms. The van der Waals surface area contributed by atoms with E-state index in [-0.39, 0.29) is 0 Å². The van der Waals surface area contributed by atoms with E-state index in [4.69, 9.17) is 4.98 Å². The average Bonchev–Trinajstić information content (AvgIpc) is 2.86. The summed E-state index contributed by atoms with van der Waals surface area (Å²) in [4.78, 5) is 9.06. The van der Waals surface area contributed by atoms with E-state index in [0.717, 1.165) is 24.4 Å². The van der Waals surface area contributed by atoms with E-state index in [2.05, 4.69) is 41.7 Å². The molecular formula is C17H26N4. The number of nitrogens with zero attached hydrogens (tertiary/aromatic N) is 3. The van der Waals surface area contributed by atoms with Crippen molar-refractivity contribution in [3.05, 3.63) is 24.3 Å². The van der Waals surface area contributed by atoms with Gasteiger partial charge in [-0.05, 0) is 57.7 Å². The molecular weight excluding hydrogens is 260 g/mol. The number of hydrogen-bond acceptors (Lipinski definition) is 3. The van der Waals surface area contributed by atoms with Crippen molar-refractivity contribution in [2.24, 2.45) is 11.8 Å². The van der Waals surface area contributed by atoms with Crippen LogP contribution in [-0.4, -0.2) is 27.6 Å². The molecule has 0 saturated carbocycles. The summed E-state index contributed by atoms with van der Waals surface area (Å²) >= 11 is 0. The Morgan fingerprint density at radius 1 is 1.38 bits per heavy atom. The minimum absolute atomic E-state index is 0.434. The maximum Gasteiger partial charge on any atom is 0.110 e. The van der Waals surface area contributed by atoms with Gasteiger partial charge in [0.2, 0.25) is 0 Å². The molecule has 1 fully saturated rings. The summed E-state index contributed by atoms with van der Waals surface area (Å²) in [7, 11) is 0. The molecule has 3 heterocycles. The van der Waals surface area contributed by atoms with Crippen LogP contribution >= 0.6 is 0 Å². The number of piperidine rings is 1. The number of imidazole rings is 1. The lowest BCUT2D eigenvalue weighted by atomic mass is 9.85. The van der Waals surface area contributed by atoms with Crippen molar-refractivity contribution >= 4 is 11.0 Å². The van der Waals surface area contributed by atoms with Gasteiger partial charge in [0.05, 0.1) is 11.7 Å². The van der Waals surface area contributed by atoms with E-state index >= 15 is 0 Å². The molecule has 0 amide bonds. The van der Waals surface area contributed by atoms with Crippen LogP contribution in [0.15, 0.2) is 18.5 Å². The summed E-state index contributed by atoms with van der Waals surface area (Å²) in [5.74, 6) is 2.66. The first-order valence-electron chi connectivity index (χ1n) is 8.18. The van der Waals surface area contributed by atoms with E-state index in [1.54, 1.807) is 0 Å². The second-order valence-electron chi connectivity index (χ2n) is 6.64. The van der Waals surface area contributed by atoms with Crippen molar-refractivity contribution in [2.75, 3.05) is 13.1 Å². The highest BCUT2D eigenvalue weighted by Gasteiger charge is 2.23. The number of nitrogens with one attached hydrogen (secondary N) is 1. The van der Waals surface area contributed by atoms with Crippen molar-refractivity contribution in [1.82, 2.24) is 19.9 Å². The fraction of sp³-hybridized carbons (Fsp3) is 0.647. The highest BCUT2D eigenvalue weighted by molar-refractivity contribution is 5.74. The highest BCUT2D eigenvalue weighted by atomic mass is 15.1. The maximum absolute atomic E-state index is 4.85. The minimum Gasteiger partial charge on any atom is -0.325 e. The van der Waals surface area contributed by atoms with Crippen LogP contribution in [0.25, 0.3) is 11.0 Å². The van der Waals surface area contributed by atoms with E-state index in [1.807, 2.05) is 12.4 Å². The molecule has 0 spiro atoms. The van der Waals surface area contributed by atoms with Crippen LogP contribution in [-0.2, 0) is 6.42 Å². The number of pyridine rings is 1. The molecule has 21 heavy (non-hydrogen) atoms. The molecule has 2 aromatic rings. The molecule has 0 radical (unpaired) electrons. The third kappa shape index (κ3) is 2.95. The van der Waals surface area contributed by atoms with Crippen molar-refractivity contribution in [3.8, 4) is 0 Å². The summed E-state index contributed by atoms with van der Waals surface area (Å²) in [6.45, 7) is 9.18. The van der Waals surface area contributed by atoms with Gasteiger partial charge < -0.3 is 9.88 Å². The average molecular weight is 286 g/mol. The molecule has 3 rings (SSSR count). The van der Waals surface area contributed by atoms with Gasteiger partial charge in [-0.2, -0.15) is 0 Å². The number of hydrogen-bond donors (Lipinski definition) is 1. The molecule has 2 aromatic heterocycles. The molecule has 4 nitrogen and oxygen atoms in total. The third-order valence-electron chi connectivity index (χ3n) is 4.73. The number of rotatable bonds is 4. The van der Waals surface area contributed by atoms with Gasteiger partial charge in [0.1, 0.15) is 11.3 Å². The SMILES string of the molecule is CC(Cc1nc2cnccc2n1C(C)C)C1CCCNC1. The van der Waals surface area contributed by atoms with Crippen molar-refractivity contribution < 1.29 is 0 Å². The topological polar surface area (TPSA) is 42.7 Å². The Labute approximate surface area is 127 Å². The van der Waals surface area contributed by atoms with Crippen molar-refractivity contribution in [1.29, 1.82) is 0 Å². The van der Waals surface area contributed by atoms with Gasteiger partial charge in [-0.15, -0.1) is 0 Å². The molecule has 2 atom stereocenters. The van der Waals surface area contributed by atoms with Gasteiger partial charge >= 0.3 is 0 Å². The lowest BCUT2D eigenvalue weighted by Gasteiger charge is -2.28. The van der Waals surface area contributed by atoms with Gasteiger partial charge in [0.15, 0.2) is 0 Å². The van der Waals surface area contributed by atoms with Crippen LogP contribution < -0.4 is 5.32 Å². The summed E-state index contributed by atoms with van der Waals surface area (Å²) in [5, 5.41) is 3.53. The summed E-state index contributed by atoms with van der Waals surface area (Å²) in [6, 6.07) is 2.52. The van der Waals surface area contributed by atoms with Crippen LogP contribution in [0.1, 0.15) is 45.5 Å². The Morgan fingerprint density at radius 3 is 2.95 bits per heavy atom. The van der Waals surface area contributed by atoms with Gasteiger partial charge in [0, 0.05) is 18.7 Å². The first kappa shape index (κ1) is 14.5. The fourth-order valence-electron chi connectivity index (χ4n) is 3.54. The lowest BCUT2D eigenvalue weighted by molar-refractivity contribution is 0.274. The van der Waals surface area contributed by atoms with Crippen molar-refractivity contribution in [3.63, 3.8) is 0 Å². The molecule has 1 saturated heterocycles. The first-order valence-corrected chi connectivity index (χ1v) is 8.18. The molecule has 2 unspecified atom stereocenters. The summed E-state index contributed by atoms with van der Waals surface area (Å²) < 4.78 is 2.38. The van der Waals surface area contributed by atoms with Crippen LogP contribution in [0.3, 0.4) is 0 Å². The van der Waals surface area contributed by atoms with Gasteiger partial charge in [-0.25, -0.2) is 4.98 Å². The van der Waals surface area contributed by atoms with Crippen LogP contribution in [0.4, 0.5) is 0 Å². The first-order chi connectivity index (χ1) is 10.2. The Kier molecular flexibility index (Phi) is 4.24. The molecule has 0 aliphatic carbocycles. The highest BCUT2D eigenvalue weighted by Crippen LogP contribution is 2.26. The second kappa shape index (κ2) is 6.14. The summed E-state index contributed by atoms with van der Waals surface area (Å²) in [6.07, 6.45) is 7.45. The number of aromatic nitrogens is 3. The second-order valence-corrected chi connectivity index (χ2v) is 6.64. The van der Waals surface area contributed by atoms with E-state index in [0.29, 0.717) is 12.0 Å². The molecule has 4 heteroatoms. The van der Waals surface area contributed by atoms with E-state index in [9.17, 15) is 0 Å². The minimum atomic E-state index is 0.434. The normalized spacial score (nSPS) is 21.0. The van der Waals surface area contributed by atoms with Crippen molar-refractivity contribution in [2.45, 2.75) is 46.1 Å². The molecule has 0 aromatic carbocycles. The molecule has 1 aliphatic rings. The molecule has 1 aliphatic heterocycles. The van der Waals surface area contributed by atoms with E-state index < -0.39 is 0 Å². The third-order valence-corrected chi connectivity index (χ3v) is 4.73. The molecule has 114 valence electrons. The maximum atomic E-state index is 4.85. The van der Waals surface area contributed by atoms with Crippen LogP contribution in [0.5, 0.6) is 0 Å². The monoisotopic (exact) mass is 286 g/mol. The Morgan fingerprint density at radius 2 is 2.24 bits per heavy atom. The van der Waals surface area contributed by atoms with Gasteiger partial charge in [-0.3, -0.25) is 4.98 Å². The zero-order valence-corrected chi connectivity index (χ0v) is 13.3. The van der Waals surface area contributed by atoms with Gasteiger partial charge in [-0.1, -0.05) is 6.92 Å². The van der Waals surface area contributed by atoms with Crippen LogP contribution in [0.2, 0.25) is 0 Å². The predicted molar refractivity (Wildman–Crippen MR) is 86.4 cm³/mol. The quantitative estimate of drug-likeness (QED) is 0.938. The smallest absolute Gasteiger partial charge is 0.110 e. The zero-order chi connectivity index (χ0) is 14.8. The fourth-order valence-corrected chi connectivity index (χ4v) is 3.54. The number of fused-ring (bicyclic) bond motifs is 1. The Bertz CT molecular complexity index is 596. The zero-order valence-electron chi connectivity index (χ0n) is 13.3. The summed E-state index contributed by atoms with van der Waals surface area (Å²) in [5.41, 5.74) is 2.24. The Balaban J connectivity index is 1.87. The standard InChI is InChI=1S/C17H26N4/c1-12(2)21-16-6-8-19-11-15(16)20-17(21)9-13(3)14-5-4-7-18-10-14/h6,8,11-14,18H,4-5,7,9-10H2,1-3H3. The largest absolute Gasteiger partial charge is 0.325 e. The predicted octanol–water partition coefficient (Wildman–Crippen LogP) is 3.19. The van der Waals surface area contributed by atoms with Gasteiger partial charge in [0.25, 0.3) is 0 Å². The molecule has 1 N–H and O–H groups in total.